The summed E-state index contributed by atoms with van der Waals surface area (Å²) in [7, 11) is 0.302. The van der Waals surface area contributed by atoms with E-state index in [1.165, 1.54) is 6.92 Å². The van der Waals surface area contributed by atoms with Gasteiger partial charge in [0, 0.05) is 0 Å². The molecule has 0 aliphatic rings. The van der Waals surface area contributed by atoms with Crippen molar-refractivity contribution in [3.8, 4) is 0 Å². The highest BCUT2D eigenvalue weighted by atomic mass is 31.0. The van der Waals surface area contributed by atoms with Crippen molar-refractivity contribution in [2.24, 2.45) is 0 Å². The minimum atomic E-state index is -8.41. The van der Waals surface area contributed by atoms with Gasteiger partial charge in [0.1, 0.15) is 0 Å². The largest absolute Gasteiger partial charge is 0.460 e. The number of unbranched alkanes of at least 4 members (excludes halogenated alkanes) is 2. The first-order valence-electron chi connectivity index (χ1n) is 7.62. The van der Waals surface area contributed by atoms with Crippen LogP contribution in [-0.2, 0) is 0 Å². The van der Waals surface area contributed by atoms with Crippen LogP contribution in [0.1, 0.15) is 32.6 Å². The second-order valence-corrected chi connectivity index (χ2v) is 7.18. The molecule has 0 aromatic heterocycles. The van der Waals surface area contributed by atoms with Crippen molar-refractivity contribution in [3.63, 3.8) is 0 Å². The van der Waals surface area contributed by atoms with E-state index < -0.39 is 60.0 Å². The Bertz CT molecular complexity index is 590. The van der Waals surface area contributed by atoms with Crippen LogP contribution in [0.5, 0.6) is 0 Å². The minimum Gasteiger partial charge on any atom is -0.233 e. The quantitative estimate of drug-likeness (QED) is 0.165. The molecule has 0 N–H and O–H groups in total. The maximum atomic E-state index is 14.0. The van der Waals surface area contributed by atoms with Gasteiger partial charge in [0.05, 0.1) is 0 Å². The minimum absolute atomic E-state index is 0.135. The summed E-state index contributed by atoms with van der Waals surface area (Å²) in [6.45, 7) is 1.38. The molecule has 0 heterocycles. The average Bonchev–Trinajstić information content (AvgIpc) is 2.52. The zero-order valence-corrected chi connectivity index (χ0v) is 15.6. The Hall–Kier alpha value is -0.690. The van der Waals surface area contributed by atoms with Gasteiger partial charge in [-0.05, 0) is 12.8 Å². The molecule has 0 aliphatic heterocycles. The van der Waals surface area contributed by atoms with E-state index in [0.29, 0.717) is 9.24 Å². The molecule has 0 aliphatic carbocycles. The molecule has 17 heteroatoms. The molecule has 0 amide bonds. The van der Waals surface area contributed by atoms with Crippen molar-refractivity contribution in [1.82, 2.24) is 0 Å². The molecule has 0 spiro atoms. The SMILES string of the molecule is CCCCCC(F)(P)C(F)(F)C(F)(F)C(F)(F)C(F)(F)C(F)(F)C(F)(F)C(F)(F)F. The fraction of sp³-hybridized carbons (Fsp3) is 1.00. The predicted octanol–water partition coefficient (Wildman–Crippen LogP) is 7.48. The zero-order valence-electron chi connectivity index (χ0n) is 14.5. The summed E-state index contributed by atoms with van der Waals surface area (Å²) in [6, 6.07) is 0. The van der Waals surface area contributed by atoms with Gasteiger partial charge in [0.25, 0.3) is 0 Å². The molecule has 0 saturated heterocycles. The number of halogens is 16. The third-order valence-electron chi connectivity index (χ3n) is 3.99. The third-order valence-corrected chi connectivity index (χ3v) is 4.65. The highest BCUT2D eigenvalue weighted by molar-refractivity contribution is 7.18. The van der Waals surface area contributed by atoms with E-state index >= 15 is 0 Å². The molecule has 30 heavy (non-hydrogen) atoms. The van der Waals surface area contributed by atoms with E-state index in [4.69, 9.17) is 0 Å². The molecule has 0 aromatic carbocycles. The first kappa shape index (κ1) is 29.3. The normalized spacial score (nSPS) is 17.8. The highest BCUT2D eigenvalue weighted by Gasteiger charge is 2.94. The predicted molar refractivity (Wildman–Crippen MR) is 73.4 cm³/mol. The van der Waals surface area contributed by atoms with Crippen molar-refractivity contribution in [2.45, 2.75) is 79.7 Å². The molecule has 0 aromatic rings. The Balaban J connectivity index is 6.48. The number of rotatable bonds is 10. The lowest BCUT2D eigenvalue weighted by atomic mass is 9.88. The third kappa shape index (κ3) is 4.05. The fourth-order valence-electron chi connectivity index (χ4n) is 2.02. The van der Waals surface area contributed by atoms with Gasteiger partial charge in [0.15, 0.2) is 5.41 Å². The lowest BCUT2D eigenvalue weighted by Gasteiger charge is -2.43. The summed E-state index contributed by atoms with van der Waals surface area (Å²) >= 11 is 0. The summed E-state index contributed by atoms with van der Waals surface area (Å²) in [4.78, 5) is 0. The Kier molecular flexibility index (Phi) is 7.84. The Morgan fingerprint density at radius 3 is 1.07 bits per heavy atom. The van der Waals surface area contributed by atoms with Crippen molar-refractivity contribution < 1.29 is 70.2 Å². The number of hydrogen-bond acceptors (Lipinski definition) is 0. The van der Waals surface area contributed by atoms with Crippen molar-refractivity contribution in [2.75, 3.05) is 0 Å². The van der Waals surface area contributed by atoms with Crippen LogP contribution >= 0.6 is 9.24 Å². The monoisotopic (exact) mass is 504 g/mol. The van der Waals surface area contributed by atoms with Crippen molar-refractivity contribution in [3.05, 3.63) is 0 Å². The zero-order chi connectivity index (χ0) is 24.8. The summed E-state index contributed by atoms with van der Waals surface area (Å²) in [5.41, 5.74) is 0. The van der Waals surface area contributed by atoms with Crippen LogP contribution in [-0.4, -0.2) is 47.1 Å². The van der Waals surface area contributed by atoms with Crippen LogP contribution < -0.4 is 0 Å². The lowest BCUT2D eigenvalue weighted by molar-refractivity contribution is -0.455. The number of alkyl halides is 16. The molecule has 0 nitrogen and oxygen atoms in total. The topological polar surface area (TPSA) is 0 Å². The molecule has 0 fully saturated rings. The van der Waals surface area contributed by atoms with Crippen molar-refractivity contribution >= 4 is 9.24 Å². The Morgan fingerprint density at radius 2 is 0.767 bits per heavy atom. The molecular formula is C13H13F16P. The summed E-state index contributed by atoms with van der Waals surface area (Å²) in [5.74, 6) is -47.8. The van der Waals surface area contributed by atoms with Gasteiger partial charge in [0.2, 0.25) is 0 Å². The number of hydrogen-bond donors (Lipinski definition) is 0. The second kappa shape index (κ2) is 8.02. The van der Waals surface area contributed by atoms with E-state index in [9.17, 15) is 70.2 Å². The highest BCUT2D eigenvalue weighted by Crippen LogP contribution is 2.64. The Labute approximate surface area is 160 Å². The maximum absolute atomic E-state index is 14.0. The van der Waals surface area contributed by atoms with Crippen LogP contribution in [0.2, 0.25) is 0 Å². The van der Waals surface area contributed by atoms with Crippen LogP contribution in [0.25, 0.3) is 0 Å². The smallest absolute Gasteiger partial charge is 0.233 e. The van der Waals surface area contributed by atoms with Gasteiger partial charge in [-0.2, -0.15) is 65.9 Å². The van der Waals surface area contributed by atoms with Gasteiger partial charge < -0.3 is 0 Å². The molecule has 0 radical (unpaired) electrons. The second-order valence-electron chi connectivity index (χ2n) is 6.26. The standard InChI is InChI=1S/C13H13F16P/c1-2-3-4-5-6(14,30)7(15,16)8(17,18)9(19,20)10(21,22)11(23,24)12(25,26)13(27,28)29/h2-5,30H2,1H3. The molecular weight excluding hydrogens is 491 g/mol. The summed E-state index contributed by atoms with van der Waals surface area (Å²) in [6.07, 6.45) is -10.1. The first-order chi connectivity index (χ1) is 12.8. The van der Waals surface area contributed by atoms with E-state index in [-0.39, 0.29) is 12.8 Å². The lowest BCUT2D eigenvalue weighted by Crippen LogP contribution is -2.74. The van der Waals surface area contributed by atoms with Gasteiger partial charge in [-0.3, -0.25) is 0 Å². The van der Waals surface area contributed by atoms with E-state index in [2.05, 4.69) is 0 Å². The first-order valence-corrected chi connectivity index (χ1v) is 8.20. The van der Waals surface area contributed by atoms with E-state index in [0.717, 1.165) is 0 Å². The maximum Gasteiger partial charge on any atom is 0.460 e. The fourth-order valence-corrected chi connectivity index (χ4v) is 2.40. The molecule has 0 bridgehead atoms. The Morgan fingerprint density at radius 1 is 0.467 bits per heavy atom. The molecule has 0 saturated carbocycles. The van der Waals surface area contributed by atoms with Gasteiger partial charge in [-0.1, -0.05) is 29.0 Å². The summed E-state index contributed by atoms with van der Waals surface area (Å²) in [5, 5.41) is -4.84. The van der Waals surface area contributed by atoms with Crippen molar-refractivity contribution in [1.29, 1.82) is 0 Å². The van der Waals surface area contributed by atoms with Crippen LogP contribution in [0.3, 0.4) is 0 Å². The van der Waals surface area contributed by atoms with Crippen LogP contribution in [0.15, 0.2) is 0 Å². The summed E-state index contributed by atoms with van der Waals surface area (Å²) < 4.78 is 209. The van der Waals surface area contributed by atoms with Gasteiger partial charge in [-0.15, -0.1) is 0 Å². The molecule has 182 valence electrons. The van der Waals surface area contributed by atoms with E-state index in [1.54, 1.807) is 0 Å². The average molecular weight is 504 g/mol. The molecule has 2 atom stereocenters. The van der Waals surface area contributed by atoms with Gasteiger partial charge >= 0.3 is 41.7 Å². The van der Waals surface area contributed by atoms with Gasteiger partial charge in [-0.25, -0.2) is 4.39 Å². The van der Waals surface area contributed by atoms with E-state index in [1.807, 2.05) is 0 Å². The molecule has 0 rings (SSSR count). The van der Waals surface area contributed by atoms with Crippen LogP contribution in [0.4, 0.5) is 70.2 Å². The molecule has 2 unspecified atom stereocenters. The van der Waals surface area contributed by atoms with Crippen LogP contribution in [0, 0.1) is 0 Å².